The quantitative estimate of drug-likeness (QED) is 0.450. The fraction of sp³-hybridized carbons (Fsp3) is 0.0556. The van der Waals surface area contributed by atoms with E-state index < -0.39 is 0 Å². The fourth-order valence-corrected chi connectivity index (χ4v) is 2.85. The van der Waals surface area contributed by atoms with Gasteiger partial charge in [-0.3, -0.25) is 5.10 Å². The summed E-state index contributed by atoms with van der Waals surface area (Å²) in [6.45, 7) is 0. The summed E-state index contributed by atoms with van der Waals surface area (Å²) in [6.07, 6.45) is 3.86. The lowest BCUT2D eigenvalue weighted by Gasteiger charge is -2.06. The predicted octanol–water partition coefficient (Wildman–Crippen LogP) is 4.16. The highest BCUT2D eigenvalue weighted by atomic mass is 32.1. The number of furan rings is 1. The number of nitrogens with one attached hydrogen (secondary N) is 1. The Hall–Kier alpha value is -2.99. The van der Waals surface area contributed by atoms with Crippen molar-refractivity contribution in [2.24, 2.45) is 5.10 Å². The molecule has 0 unspecified atom stereocenters. The second-order valence-corrected chi connectivity index (χ2v) is 5.72. The fourth-order valence-electron chi connectivity index (χ4n) is 2.65. The normalized spacial score (nSPS) is 11.5. The average Bonchev–Trinajstić information content (AvgIpc) is 3.24. The highest BCUT2D eigenvalue weighted by Gasteiger charge is 2.09. The Kier molecular flexibility index (Phi) is 3.80. The Labute approximate surface area is 143 Å². The Morgan fingerprint density at radius 3 is 2.88 bits per heavy atom. The van der Waals surface area contributed by atoms with E-state index >= 15 is 0 Å². The molecule has 0 aliphatic heterocycles. The third kappa shape index (κ3) is 2.79. The molecule has 2 aromatic carbocycles. The van der Waals surface area contributed by atoms with E-state index in [-0.39, 0.29) is 0 Å². The van der Waals surface area contributed by atoms with Crippen LogP contribution in [0.4, 0.5) is 0 Å². The minimum absolute atomic E-state index is 0.452. The van der Waals surface area contributed by atoms with Crippen molar-refractivity contribution in [1.82, 2.24) is 14.9 Å². The lowest BCUT2D eigenvalue weighted by Crippen LogP contribution is -2.00. The van der Waals surface area contributed by atoms with Gasteiger partial charge in [-0.25, -0.2) is 0 Å². The van der Waals surface area contributed by atoms with Gasteiger partial charge in [0, 0.05) is 6.42 Å². The molecule has 0 aliphatic carbocycles. The molecule has 0 bridgehead atoms. The van der Waals surface area contributed by atoms with Crippen LogP contribution in [-0.4, -0.2) is 21.1 Å². The SMILES string of the molecule is S=c1[nH]nc(Cc2cccc3ccccc23)n1N=Cc1ccco1. The van der Waals surface area contributed by atoms with Crippen LogP contribution in [0.25, 0.3) is 10.8 Å². The average molecular weight is 334 g/mol. The van der Waals surface area contributed by atoms with Crippen LogP contribution in [0.5, 0.6) is 0 Å². The van der Waals surface area contributed by atoms with Crippen LogP contribution in [-0.2, 0) is 6.42 Å². The number of benzene rings is 2. The van der Waals surface area contributed by atoms with Crippen molar-refractivity contribution < 1.29 is 4.42 Å². The molecular formula is C18H14N4OS. The Morgan fingerprint density at radius 2 is 2.00 bits per heavy atom. The summed E-state index contributed by atoms with van der Waals surface area (Å²) >= 11 is 5.28. The molecule has 0 aliphatic rings. The molecular weight excluding hydrogens is 320 g/mol. The van der Waals surface area contributed by atoms with Gasteiger partial charge in [0.05, 0.1) is 12.5 Å². The maximum Gasteiger partial charge on any atom is 0.216 e. The Balaban J connectivity index is 1.71. The van der Waals surface area contributed by atoms with Crippen molar-refractivity contribution in [3.63, 3.8) is 0 Å². The maximum absolute atomic E-state index is 5.28. The summed E-state index contributed by atoms with van der Waals surface area (Å²) in [6, 6.07) is 18.2. The summed E-state index contributed by atoms with van der Waals surface area (Å²) in [5, 5.41) is 13.9. The zero-order valence-corrected chi connectivity index (χ0v) is 13.5. The van der Waals surface area contributed by atoms with Crippen LogP contribution in [0.15, 0.2) is 70.4 Å². The Bertz CT molecular complexity index is 1050. The van der Waals surface area contributed by atoms with Crippen LogP contribution < -0.4 is 0 Å². The van der Waals surface area contributed by atoms with Gasteiger partial charge in [-0.05, 0) is 40.7 Å². The van der Waals surface area contributed by atoms with E-state index in [9.17, 15) is 0 Å². The van der Waals surface area contributed by atoms with Crippen molar-refractivity contribution in [3.05, 3.63) is 82.8 Å². The first-order valence-corrected chi connectivity index (χ1v) is 7.93. The lowest BCUT2D eigenvalue weighted by molar-refractivity contribution is 0.559. The second kappa shape index (κ2) is 6.25. The number of hydrogen-bond acceptors (Lipinski definition) is 4. The third-order valence-corrected chi connectivity index (χ3v) is 4.05. The predicted molar refractivity (Wildman–Crippen MR) is 95.9 cm³/mol. The van der Waals surface area contributed by atoms with E-state index in [0.29, 0.717) is 17.0 Å². The molecule has 1 N–H and O–H groups in total. The van der Waals surface area contributed by atoms with Gasteiger partial charge in [-0.2, -0.15) is 14.9 Å². The molecule has 118 valence electrons. The van der Waals surface area contributed by atoms with E-state index in [2.05, 4.69) is 45.6 Å². The molecule has 2 heterocycles. The Morgan fingerprint density at radius 1 is 1.12 bits per heavy atom. The summed E-state index contributed by atoms with van der Waals surface area (Å²) in [5.41, 5.74) is 1.18. The van der Waals surface area contributed by atoms with Gasteiger partial charge < -0.3 is 4.42 Å². The zero-order valence-electron chi connectivity index (χ0n) is 12.7. The van der Waals surface area contributed by atoms with Gasteiger partial charge in [0.2, 0.25) is 4.77 Å². The minimum atomic E-state index is 0.452. The zero-order chi connectivity index (χ0) is 16.4. The largest absolute Gasteiger partial charge is 0.463 e. The first-order valence-electron chi connectivity index (χ1n) is 7.52. The number of aromatic amines is 1. The smallest absolute Gasteiger partial charge is 0.216 e. The maximum atomic E-state index is 5.28. The highest BCUT2D eigenvalue weighted by molar-refractivity contribution is 7.71. The van der Waals surface area contributed by atoms with Crippen LogP contribution in [0.3, 0.4) is 0 Å². The van der Waals surface area contributed by atoms with Gasteiger partial charge in [-0.15, -0.1) is 0 Å². The summed E-state index contributed by atoms with van der Waals surface area (Å²) in [7, 11) is 0. The molecule has 24 heavy (non-hydrogen) atoms. The van der Waals surface area contributed by atoms with Gasteiger partial charge >= 0.3 is 0 Å². The van der Waals surface area contributed by atoms with Crippen molar-refractivity contribution in [2.45, 2.75) is 6.42 Å². The molecule has 0 atom stereocenters. The standard InChI is InChI=1S/C18H14N4OS/c24-18-21-20-17(22(18)19-12-15-8-4-10-23-15)11-14-7-3-6-13-5-1-2-9-16(13)14/h1-10,12H,11H2,(H,21,24). The molecule has 4 rings (SSSR count). The molecule has 5 nitrogen and oxygen atoms in total. The highest BCUT2D eigenvalue weighted by Crippen LogP contribution is 2.20. The number of fused-ring (bicyclic) bond motifs is 1. The van der Waals surface area contributed by atoms with Crippen LogP contribution in [0.1, 0.15) is 17.1 Å². The second-order valence-electron chi connectivity index (χ2n) is 5.33. The third-order valence-electron chi connectivity index (χ3n) is 3.79. The molecule has 0 saturated heterocycles. The molecule has 0 radical (unpaired) electrons. The molecule has 6 heteroatoms. The van der Waals surface area contributed by atoms with E-state index in [1.165, 1.54) is 16.3 Å². The van der Waals surface area contributed by atoms with Crippen molar-refractivity contribution >= 4 is 29.2 Å². The molecule has 0 amide bonds. The van der Waals surface area contributed by atoms with Crippen LogP contribution in [0, 0.1) is 4.77 Å². The first-order chi connectivity index (χ1) is 11.8. The number of nitrogens with zero attached hydrogens (tertiary/aromatic N) is 3. The van der Waals surface area contributed by atoms with Gasteiger partial charge in [0.15, 0.2) is 5.82 Å². The first kappa shape index (κ1) is 14.6. The van der Waals surface area contributed by atoms with Gasteiger partial charge in [0.1, 0.15) is 5.76 Å². The molecule has 0 spiro atoms. The van der Waals surface area contributed by atoms with E-state index in [0.717, 1.165) is 5.82 Å². The van der Waals surface area contributed by atoms with E-state index in [4.69, 9.17) is 16.6 Å². The topological polar surface area (TPSA) is 59.1 Å². The summed E-state index contributed by atoms with van der Waals surface area (Å²) in [5.74, 6) is 1.41. The monoisotopic (exact) mass is 334 g/mol. The van der Waals surface area contributed by atoms with Crippen LogP contribution in [0.2, 0.25) is 0 Å². The van der Waals surface area contributed by atoms with Crippen LogP contribution >= 0.6 is 12.2 Å². The van der Waals surface area contributed by atoms with Crippen molar-refractivity contribution in [1.29, 1.82) is 0 Å². The number of hydrogen-bond donors (Lipinski definition) is 1. The lowest BCUT2D eigenvalue weighted by atomic mass is 10.0. The molecule has 2 aromatic heterocycles. The number of aromatic nitrogens is 3. The molecule has 0 saturated carbocycles. The van der Waals surface area contributed by atoms with Crippen molar-refractivity contribution in [3.8, 4) is 0 Å². The van der Waals surface area contributed by atoms with Crippen molar-refractivity contribution in [2.75, 3.05) is 0 Å². The van der Waals surface area contributed by atoms with E-state index in [1.54, 1.807) is 17.2 Å². The van der Waals surface area contributed by atoms with Gasteiger partial charge in [-0.1, -0.05) is 42.5 Å². The molecule has 4 aromatic rings. The minimum Gasteiger partial charge on any atom is -0.463 e. The number of rotatable bonds is 4. The number of H-pyrrole nitrogens is 1. The van der Waals surface area contributed by atoms with E-state index in [1.807, 2.05) is 24.3 Å². The summed E-state index contributed by atoms with van der Waals surface area (Å²) in [4.78, 5) is 0. The summed E-state index contributed by atoms with van der Waals surface area (Å²) < 4.78 is 7.34. The molecule has 0 fully saturated rings. The van der Waals surface area contributed by atoms with Gasteiger partial charge in [0.25, 0.3) is 0 Å².